The number of nitrogens with one attached hydrogen (secondary N) is 1. The second-order valence-corrected chi connectivity index (χ2v) is 6.67. The fourth-order valence-corrected chi connectivity index (χ4v) is 3.36. The van der Waals surface area contributed by atoms with Crippen LogP contribution in [0.2, 0.25) is 0 Å². The van der Waals surface area contributed by atoms with Gasteiger partial charge in [-0.15, -0.1) is 0 Å². The molecule has 3 heterocycles. The van der Waals surface area contributed by atoms with E-state index >= 15 is 0 Å². The van der Waals surface area contributed by atoms with Crippen LogP contribution in [0.3, 0.4) is 0 Å². The Kier molecular flexibility index (Phi) is 4.70. The van der Waals surface area contributed by atoms with Crippen LogP contribution in [-0.2, 0) is 16.1 Å². The number of benzene rings is 1. The number of amides is 2. The third-order valence-corrected chi connectivity index (χ3v) is 4.60. The summed E-state index contributed by atoms with van der Waals surface area (Å²) in [5, 5.41) is 7.20. The van der Waals surface area contributed by atoms with E-state index in [0.29, 0.717) is 36.9 Å². The van der Waals surface area contributed by atoms with Gasteiger partial charge in [-0.2, -0.15) is 5.10 Å². The smallest absolute Gasteiger partial charge is 0.228 e. The molecular weight excluding hydrogens is 348 g/mol. The Bertz CT molecular complexity index is 877. The van der Waals surface area contributed by atoms with Crippen molar-refractivity contribution >= 4 is 23.3 Å². The molecule has 0 saturated carbocycles. The average Bonchev–Trinajstić information content (AvgIpc) is 3.06. The molecule has 2 aromatic rings. The minimum absolute atomic E-state index is 0.0619. The Morgan fingerprint density at radius 1 is 1.11 bits per heavy atom. The lowest BCUT2D eigenvalue weighted by Gasteiger charge is -2.27. The van der Waals surface area contributed by atoms with Crippen LogP contribution in [0.4, 0.5) is 11.5 Å². The number of carbonyl (C=O) groups is 2. The number of anilines is 2. The Hall–Kier alpha value is -3.03. The summed E-state index contributed by atoms with van der Waals surface area (Å²) < 4.78 is 12.8. The van der Waals surface area contributed by atoms with Crippen LogP contribution in [0.1, 0.15) is 25.0 Å². The van der Waals surface area contributed by atoms with Crippen LogP contribution in [0.15, 0.2) is 24.3 Å². The number of aryl methyl sites for hydroxylation is 2. The number of aromatic nitrogens is 2. The molecule has 0 radical (unpaired) electrons. The molecule has 2 amide bonds. The van der Waals surface area contributed by atoms with E-state index in [0.717, 1.165) is 24.5 Å². The molecule has 1 aromatic carbocycles. The molecule has 0 fully saturated rings. The van der Waals surface area contributed by atoms with E-state index in [1.54, 1.807) is 23.1 Å². The molecule has 8 nitrogen and oxygen atoms in total. The van der Waals surface area contributed by atoms with Crippen molar-refractivity contribution in [2.75, 3.05) is 30.0 Å². The van der Waals surface area contributed by atoms with E-state index in [1.165, 1.54) is 0 Å². The first-order valence-electron chi connectivity index (χ1n) is 9.14. The molecule has 142 valence electrons. The normalized spacial score (nSPS) is 15.2. The highest BCUT2D eigenvalue weighted by Gasteiger charge is 2.24. The van der Waals surface area contributed by atoms with Gasteiger partial charge in [-0.3, -0.25) is 14.5 Å². The summed E-state index contributed by atoms with van der Waals surface area (Å²) in [6.45, 7) is 4.40. The van der Waals surface area contributed by atoms with Gasteiger partial charge in [-0.05, 0) is 25.5 Å². The molecule has 4 rings (SSSR count). The summed E-state index contributed by atoms with van der Waals surface area (Å²) in [6, 6.07) is 7.18. The van der Waals surface area contributed by atoms with E-state index < -0.39 is 0 Å². The highest BCUT2D eigenvalue weighted by molar-refractivity contribution is 5.98. The van der Waals surface area contributed by atoms with E-state index in [2.05, 4.69) is 10.4 Å². The number of rotatable bonds is 4. The van der Waals surface area contributed by atoms with Crippen molar-refractivity contribution in [1.29, 1.82) is 0 Å². The topological polar surface area (TPSA) is 85.7 Å². The van der Waals surface area contributed by atoms with Crippen LogP contribution < -0.4 is 19.7 Å². The molecule has 2 aliphatic heterocycles. The Morgan fingerprint density at radius 2 is 1.93 bits per heavy atom. The third kappa shape index (κ3) is 3.74. The van der Waals surface area contributed by atoms with Crippen LogP contribution >= 0.6 is 0 Å². The maximum atomic E-state index is 12.6. The van der Waals surface area contributed by atoms with E-state index in [9.17, 15) is 9.59 Å². The number of nitrogens with zero attached hydrogens (tertiary/aromatic N) is 3. The highest BCUT2D eigenvalue weighted by Crippen LogP contribution is 2.32. The van der Waals surface area contributed by atoms with Crippen molar-refractivity contribution in [1.82, 2.24) is 9.78 Å². The fourth-order valence-electron chi connectivity index (χ4n) is 3.36. The molecule has 0 atom stereocenters. The summed E-state index contributed by atoms with van der Waals surface area (Å²) in [6.07, 6.45) is 1.14. The summed E-state index contributed by atoms with van der Waals surface area (Å²) >= 11 is 0. The number of ether oxygens (including phenoxy) is 2. The molecular formula is C19H22N4O4. The van der Waals surface area contributed by atoms with Crippen molar-refractivity contribution in [3.05, 3.63) is 30.0 Å². The van der Waals surface area contributed by atoms with Crippen molar-refractivity contribution in [3.8, 4) is 11.5 Å². The Morgan fingerprint density at radius 3 is 2.78 bits per heavy atom. The van der Waals surface area contributed by atoms with Crippen LogP contribution in [0, 0.1) is 6.92 Å². The maximum Gasteiger partial charge on any atom is 0.228 e. The summed E-state index contributed by atoms with van der Waals surface area (Å²) in [4.78, 5) is 26.6. The molecule has 0 spiro atoms. The summed E-state index contributed by atoms with van der Waals surface area (Å²) in [5.41, 5.74) is 1.52. The van der Waals surface area contributed by atoms with Crippen LogP contribution in [-0.4, -0.2) is 41.4 Å². The first kappa shape index (κ1) is 17.4. The first-order valence-corrected chi connectivity index (χ1v) is 9.14. The van der Waals surface area contributed by atoms with Gasteiger partial charge in [0.25, 0.3) is 0 Å². The predicted octanol–water partition coefficient (Wildman–Crippen LogP) is 2.12. The van der Waals surface area contributed by atoms with E-state index in [-0.39, 0.29) is 24.7 Å². The van der Waals surface area contributed by atoms with Gasteiger partial charge in [-0.25, -0.2) is 4.68 Å². The van der Waals surface area contributed by atoms with E-state index in [4.69, 9.17) is 9.47 Å². The molecule has 0 bridgehead atoms. The molecule has 0 saturated heterocycles. The second-order valence-electron chi connectivity index (χ2n) is 6.67. The van der Waals surface area contributed by atoms with Crippen molar-refractivity contribution < 1.29 is 19.1 Å². The van der Waals surface area contributed by atoms with Gasteiger partial charge in [0.05, 0.1) is 5.69 Å². The average molecular weight is 370 g/mol. The SMILES string of the molecule is Cc1cc2n(n1)CCCN2C(=O)CCC(=O)Nc1ccc2c(c1)OCCO2. The monoisotopic (exact) mass is 370 g/mol. The minimum atomic E-state index is -0.207. The Labute approximate surface area is 157 Å². The van der Waals surface area contributed by atoms with Gasteiger partial charge < -0.3 is 14.8 Å². The standard InChI is InChI=1S/C19H22N4O4/c1-13-11-18-22(7-2-8-23(18)21-13)19(25)6-5-17(24)20-14-3-4-15-16(12-14)27-10-9-26-15/h3-4,11-12H,2,5-10H2,1H3,(H,20,24). The zero-order chi connectivity index (χ0) is 18.8. The molecule has 0 unspecified atom stereocenters. The molecule has 8 heteroatoms. The fraction of sp³-hybridized carbons (Fsp3) is 0.421. The highest BCUT2D eigenvalue weighted by atomic mass is 16.6. The lowest BCUT2D eigenvalue weighted by molar-refractivity contribution is -0.122. The van der Waals surface area contributed by atoms with Gasteiger partial charge in [0.1, 0.15) is 19.0 Å². The van der Waals surface area contributed by atoms with Crippen LogP contribution in [0.5, 0.6) is 11.5 Å². The predicted molar refractivity (Wildman–Crippen MR) is 99.2 cm³/mol. The van der Waals surface area contributed by atoms with Gasteiger partial charge in [0, 0.05) is 43.8 Å². The number of fused-ring (bicyclic) bond motifs is 2. The summed E-state index contributed by atoms with van der Waals surface area (Å²) in [5.74, 6) is 1.84. The molecule has 1 N–H and O–H groups in total. The maximum absolute atomic E-state index is 12.6. The zero-order valence-corrected chi connectivity index (χ0v) is 15.2. The number of carbonyl (C=O) groups excluding carboxylic acids is 2. The quantitative estimate of drug-likeness (QED) is 0.891. The minimum Gasteiger partial charge on any atom is -0.486 e. The summed E-state index contributed by atoms with van der Waals surface area (Å²) in [7, 11) is 0. The number of hydrogen-bond acceptors (Lipinski definition) is 5. The van der Waals surface area contributed by atoms with Crippen molar-refractivity contribution in [2.24, 2.45) is 0 Å². The van der Waals surface area contributed by atoms with Crippen LogP contribution in [0.25, 0.3) is 0 Å². The number of hydrogen-bond donors (Lipinski definition) is 1. The Balaban J connectivity index is 1.34. The van der Waals surface area contributed by atoms with Gasteiger partial charge in [0.2, 0.25) is 11.8 Å². The molecule has 2 aliphatic rings. The van der Waals surface area contributed by atoms with Gasteiger partial charge >= 0.3 is 0 Å². The first-order chi connectivity index (χ1) is 13.1. The molecule has 1 aromatic heterocycles. The lowest BCUT2D eigenvalue weighted by Crippen LogP contribution is -2.37. The van der Waals surface area contributed by atoms with Gasteiger partial charge in [-0.1, -0.05) is 0 Å². The zero-order valence-electron chi connectivity index (χ0n) is 15.2. The largest absolute Gasteiger partial charge is 0.486 e. The van der Waals surface area contributed by atoms with Gasteiger partial charge in [0.15, 0.2) is 11.5 Å². The second kappa shape index (κ2) is 7.30. The molecule has 0 aliphatic carbocycles. The van der Waals surface area contributed by atoms with E-state index in [1.807, 2.05) is 17.7 Å². The van der Waals surface area contributed by atoms with Crippen molar-refractivity contribution in [2.45, 2.75) is 32.7 Å². The molecule has 27 heavy (non-hydrogen) atoms. The van der Waals surface area contributed by atoms with Crippen molar-refractivity contribution in [3.63, 3.8) is 0 Å². The lowest BCUT2D eigenvalue weighted by atomic mass is 10.2. The third-order valence-electron chi connectivity index (χ3n) is 4.60.